The Morgan fingerprint density at radius 3 is 1.94 bits per heavy atom. The van der Waals surface area contributed by atoms with Gasteiger partial charge in [-0.1, -0.05) is 27.4 Å². The minimum absolute atomic E-state index is 0.157. The number of carboxylic acid groups (broad SMARTS) is 1. The van der Waals surface area contributed by atoms with Crippen LogP contribution in [-0.4, -0.2) is 21.8 Å². The van der Waals surface area contributed by atoms with Gasteiger partial charge in [-0.2, -0.15) is 0 Å². The van der Waals surface area contributed by atoms with Crippen LogP contribution in [0.25, 0.3) is 0 Å². The van der Waals surface area contributed by atoms with Crippen LogP contribution in [0.5, 0.6) is 0 Å². The number of hydrogen-bond acceptors (Lipinski definition) is 2. The SMILES string of the molecule is C=CC(=O)O.CC1(C)[C@@H]2CC[C@]1(C)[C@](C)(O)C2. The lowest BCUT2D eigenvalue weighted by Gasteiger charge is -2.43. The normalized spacial score (nSPS) is 41.6. The minimum Gasteiger partial charge on any atom is -0.478 e. The van der Waals surface area contributed by atoms with E-state index in [9.17, 15) is 9.90 Å². The third kappa shape index (κ3) is 2.01. The highest BCUT2D eigenvalue weighted by molar-refractivity contribution is 5.78. The van der Waals surface area contributed by atoms with E-state index in [0.29, 0.717) is 5.41 Å². The summed E-state index contributed by atoms with van der Waals surface area (Å²) in [4.78, 5) is 9.25. The van der Waals surface area contributed by atoms with Gasteiger partial charge in [-0.3, -0.25) is 0 Å². The molecule has 0 aromatic rings. The minimum atomic E-state index is -0.981. The van der Waals surface area contributed by atoms with E-state index in [0.717, 1.165) is 18.4 Å². The van der Waals surface area contributed by atoms with Crippen molar-refractivity contribution in [1.29, 1.82) is 0 Å². The molecule has 0 heterocycles. The van der Waals surface area contributed by atoms with Crippen LogP contribution in [0.15, 0.2) is 12.7 Å². The zero-order valence-corrected chi connectivity index (χ0v) is 11.3. The van der Waals surface area contributed by atoms with Gasteiger partial charge in [0.25, 0.3) is 0 Å². The number of aliphatic carboxylic acids is 1. The van der Waals surface area contributed by atoms with E-state index in [2.05, 4.69) is 27.4 Å². The second-order valence-electron chi connectivity index (χ2n) is 6.31. The van der Waals surface area contributed by atoms with Gasteiger partial charge in [-0.05, 0) is 37.5 Å². The standard InChI is InChI=1S/C11H20O.C3H4O2/c1-9(2)8-5-6-10(9,3)11(4,12)7-8;1-2-3(4)5/h8,12H,5-7H2,1-4H3;2H,1H2,(H,4,5)/t8-,10+,11-;/m1./s1. The summed E-state index contributed by atoms with van der Waals surface area (Å²) in [6, 6.07) is 0. The summed E-state index contributed by atoms with van der Waals surface area (Å²) in [5.41, 5.74) is 0.0839. The number of rotatable bonds is 1. The first-order chi connectivity index (χ1) is 7.58. The van der Waals surface area contributed by atoms with Crippen molar-refractivity contribution in [2.24, 2.45) is 16.7 Å². The molecule has 17 heavy (non-hydrogen) atoms. The first-order valence-electron chi connectivity index (χ1n) is 6.16. The molecule has 3 nitrogen and oxygen atoms in total. The second-order valence-corrected chi connectivity index (χ2v) is 6.31. The van der Waals surface area contributed by atoms with Gasteiger partial charge in [0.2, 0.25) is 0 Å². The number of hydrogen-bond donors (Lipinski definition) is 2. The van der Waals surface area contributed by atoms with Gasteiger partial charge < -0.3 is 10.2 Å². The predicted molar refractivity (Wildman–Crippen MR) is 67.7 cm³/mol. The first kappa shape index (κ1) is 14.2. The molecule has 98 valence electrons. The fourth-order valence-electron chi connectivity index (χ4n) is 3.62. The smallest absolute Gasteiger partial charge is 0.327 e. The van der Waals surface area contributed by atoms with Crippen molar-refractivity contribution in [3.05, 3.63) is 12.7 Å². The van der Waals surface area contributed by atoms with Crippen LogP contribution in [0, 0.1) is 16.7 Å². The van der Waals surface area contributed by atoms with Crippen LogP contribution in [0.3, 0.4) is 0 Å². The summed E-state index contributed by atoms with van der Waals surface area (Å²) in [6.45, 7) is 11.9. The van der Waals surface area contributed by atoms with Crippen molar-refractivity contribution in [2.45, 2.75) is 52.6 Å². The maximum absolute atomic E-state index is 10.3. The molecule has 0 spiro atoms. The van der Waals surface area contributed by atoms with Crippen LogP contribution in [0.2, 0.25) is 0 Å². The van der Waals surface area contributed by atoms with E-state index < -0.39 is 11.6 Å². The van der Waals surface area contributed by atoms with Crippen LogP contribution in [-0.2, 0) is 4.79 Å². The quantitative estimate of drug-likeness (QED) is 0.693. The number of carboxylic acids is 1. The third-order valence-corrected chi connectivity index (χ3v) is 5.44. The van der Waals surface area contributed by atoms with E-state index in [-0.39, 0.29) is 5.41 Å². The molecule has 0 unspecified atom stereocenters. The molecule has 0 radical (unpaired) electrons. The Labute approximate surface area is 104 Å². The molecule has 2 bridgehead atoms. The van der Waals surface area contributed by atoms with E-state index in [4.69, 9.17) is 5.11 Å². The van der Waals surface area contributed by atoms with Crippen LogP contribution in [0.4, 0.5) is 0 Å². The summed E-state index contributed by atoms with van der Waals surface area (Å²) in [5.74, 6) is -0.234. The lowest BCUT2D eigenvalue weighted by Crippen LogP contribution is -2.44. The van der Waals surface area contributed by atoms with Crippen molar-refractivity contribution >= 4 is 5.97 Å². The Morgan fingerprint density at radius 1 is 1.35 bits per heavy atom. The molecule has 2 aliphatic carbocycles. The molecule has 2 aliphatic rings. The number of aliphatic hydroxyl groups is 1. The highest BCUT2D eigenvalue weighted by atomic mass is 16.4. The van der Waals surface area contributed by atoms with Gasteiger partial charge in [0, 0.05) is 11.5 Å². The van der Waals surface area contributed by atoms with E-state index >= 15 is 0 Å². The molecule has 3 heteroatoms. The van der Waals surface area contributed by atoms with Crippen molar-refractivity contribution in [2.75, 3.05) is 0 Å². The molecule has 2 saturated carbocycles. The van der Waals surface area contributed by atoms with Crippen molar-refractivity contribution in [1.82, 2.24) is 0 Å². The average Bonchev–Trinajstić information content (AvgIpc) is 2.49. The zero-order valence-electron chi connectivity index (χ0n) is 11.3. The van der Waals surface area contributed by atoms with Gasteiger partial charge in [-0.15, -0.1) is 0 Å². The predicted octanol–water partition coefficient (Wildman–Crippen LogP) is 2.84. The monoisotopic (exact) mass is 240 g/mol. The topological polar surface area (TPSA) is 57.5 Å². The fourth-order valence-corrected chi connectivity index (χ4v) is 3.62. The molecular weight excluding hydrogens is 216 g/mol. The highest BCUT2D eigenvalue weighted by Gasteiger charge is 2.66. The van der Waals surface area contributed by atoms with E-state index in [1.165, 1.54) is 12.8 Å². The van der Waals surface area contributed by atoms with Crippen molar-refractivity contribution in [3.63, 3.8) is 0 Å². The van der Waals surface area contributed by atoms with Crippen LogP contribution < -0.4 is 0 Å². The fraction of sp³-hybridized carbons (Fsp3) is 0.786. The molecule has 3 atom stereocenters. The number of fused-ring (bicyclic) bond motifs is 2. The molecule has 0 saturated heterocycles. The van der Waals surface area contributed by atoms with Crippen LogP contribution in [0.1, 0.15) is 47.0 Å². The molecule has 2 fully saturated rings. The summed E-state index contributed by atoms with van der Waals surface area (Å²) < 4.78 is 0. The molecule has 0 aromatic carbocycles. The molecular formula is C14H24O3. The molecule has 0 amide bonds. The van der Waals surface area contributed by atoms with E-state index in [1.54, 1.807) is 0 Å². The summed E-state index contributed by atoms with van der Waals surface area (Å²) in [5, 5.41) is 17.9. The first-order valence-corrected chi connectivity index (χ1v) is 6.16. The third-order valence-electron chi connectivity index (χ3n) is 5.44. The molecule has 0 aliphatic heterocycles. The maximum atomic E-state index is 10.3. The largest absolute Gasteiger partial charge is 0.478 e. The summed E-state index contributed by atoms with van der Waals surface area (Å²) >= 11 is 0. The van der Waals surface area contributed by atoms with Gasteiger partial charge in [-0.25, -0.2) is 4.79 Å². The maximum Gasteiger partial charge on any atom is 0.327 e. The Kier molecular flexibility index (Phi) is 3.45. The molecule has 0 aromatic heterocycles. The van der Waals surface area contributed by atoms with Gasteiger partial charge in [0.05, 0.1) is 5.60 Å². The Morgan fingerprint density at radius 2 is 1.82 bits per heavy atom. The Bertz CT molecular complexity index is 330. The highest BCUT2D eigenvalue weighted by Crippen LogP contribution is 2.69. The Balaban J connectivity index is 0.000000249. The Hall–Kier alpha value is -0.830. The average molecular weight is 240 g/mol. The van der Waals surface area contributed by atoms with Gasteiger partial charge in [0.1, 0.15) is 0 Å². The van der Waals surface area contributed by atoms with Crippen molar-refractivity contribution in [3.8, 4) is 0 Å². The zero-order chi connectivity index (χ0) is 13.5. The van der Waals surface area contributed by atoms with Gasteiger partial charge >= 0.3 is 5.97 Å². The number of carbonyl (C=O) groups is 1. The molecule has 2 N–H and O–H groups in total. The van der Waals surface area contributed by atoms with Crippen molar-refractivity contribution < 1.29 is 15.0 Å². The van der Waals surface area contributed by atoms with E-state index in [1.807, 2.05) is 6.92 Å². The second kappa shape index (κ2) is 4.13. The lowest BCUT2D eigenvalue weighted by molar-refractivity contribution is -0.131. The lowest BCUT2D eigenvalue weighted by atomic mass is 9.65. The molecule has 2 rings (SSSR count). The van der Waals surface area contributed by atoms with Crippen LogP contribution >= 0.6 is 0 Å². The summed E-state index contributed by atoms with van der Waals surface area (Å²) in [7, 11) is 0. The van der Waals surface area contributed by atoms with Gasteiger partial charge in [0.15, 0.2) is 0 Å². The summed E-state index contributed by atoms with van der Waals surface area (Å²) in [6.07, 6.45) is 4.37.